The standard InChI is InChI=1S/C19H29N/c1-15-7-8-16(13-15)14-20-19-11-9-18(10-12-19)17-5-3-2-4-6-17/h2-6,15-16,18-20H,7-14H2,1H3. The molecule has 110 valence electrons. The molecule has 0 amide bonds. The highest BCUT2D eigenvalue weighted by Gasteiger charge is 2.25. The van der Waals surface area contributed by atoms with Gasteiger partial charge in [0.25, 0.3) is 0 Å². The van der Waals surface area contributed by atoms with Crippen molar-refractivity contribution < 1.29 is 0 Å². The molecule has 0 spiro atoms. The van der Waals surface area contributed by atoms with E-state index in [4.69, 9.17) is 0 Å². The highest BCUT2D eigenvalue weighted by Crippen LogP contribution is 2.33. The zero-order valence-corrected chi connectivity index (χ0v) is 12.9. The average Bonchev–Trinajstić information content (AvgIpc) is 2.92. The Labute approximate surface area is 124 Å². The largest absolute Gasteiger partial charge is 0.314 e. The molecule has 2 fully saturated rings. The Morgan fingerprint density at radius 1 is 0.950 bits per heavy atom. The average molecular weight is 271 g/mol. The molecule has 2 unspecified atom stereocenters. The molecule has 3 rings (SSSR count). The first-order chi connectivity index (χ1) is 9.81. The number of hydrogen-bond donors (Lipinski definition) is 1. The van der Waals surface area contributed by atoms with Crippen molar-refractivity contribution in [1.82, 2.24) is 5.32 Å². The lowest BCUT2D eigenvalue weighted by Gasteiger charge is -2.30. The molecule has 2 aliphatic rings. The summed E-state index contributed by atoms with van der Waals surface area (Å²) < 4.78 is 0. The number of nitrogens with one attached hydrogen (secondary N) is 1. The molecule has 1 aromatic carbocycles. The summed E-state index contributed by atoms with van der Waals surface area (Å²) in [7, 11) is 0. The van der Waals surface area contributed by atoms with Crippen LogP contribution in [0.4, 0.5) is 0 Å². The minimum absolute atomic E-state index is 0.783. The second-order valence-electron chi connectivity index (χ2n) is 7.15. The first kappa shape index (κ1) is 14.1. The molecule has 0 aromatic heterocycles. The van der Waals surface area contributed by atoms with Gasteiger partial charge in [-0.05, 0) is 68.4 Å². The Morgan fingerprint density at radius 2 is 1.70 bits per heavy atom. The van der Waals surface area contributed by atoms with Crippen molar-refractivity contribution in [3.63, 3.8) is 0 Å². The van der Waals surface area contributed by atoms with Crippen molar-refractivity contribution in [3.8, 4) is 0 Å². The van der Waals surface area contributed by atoms with Gasteiger partial charge in [-0.25, -0.2) is 0 Å². The van der Waals surface area contributed by atoms with Crippen LogP contribution in [-0.4, -0.2) is 12.6 Å². The zero-order chi connectivity index (χ0) is 13.8. The van der Waals surface area contributed by atoms with E-state index in [1.54, 1.807) is 5.56 Å². The number of benzene rings is 1. The SMILES string of the molecule is CC1CCC(CNC2CCC(c3ccccc3)CC2)C1. The summed E-state index contributed by atoms with van der Waals surface area (Å²) in [5.74, 6) is 2.73. The summed E-state index contributed by atoms with van der Waals surface area (Å²) in [4.78, 5) is 0. The van der Waals surface area contributed by atoms with Crippen LogP contribution in [0, 0.1) is 11.8 Å². The first-order valence-corrected chi connectivity index (χ1v) is 8.59. The molecular formula is C19H29N. The molecule has 2 aliphatic carbocycles. The highest BCUT2D eigenvalue weighted by molar-refractivity contribution is 5.20. The fourth-order valence-electron chi connectivity index (χ4n) is 4.20. The third-order valence-corrected chi connectivity index (χ3v) is 5.50. The van der Waals surface area contributed by atoms with Crippen molar-refractivity contribution in [2.45, 2.75) is 63.8 Å². The van der Waals surface area contributed by atoms with Gasteiger partial charge < -0.3 is 5.32 Å². The normalized spacial score (nSPS) is 34.2. The molecule has 0 saturated heterocycles. The van der Waals surface area contributed by atoms with Gasteiger partial charge in [0.1, 0.15) is 0 Å². The second kappa shape index (κ2) is 6.76. The van der Waals surface area contributed by atoms with Crippen molar-refractivity contribution >= 4 is 0 Å². The molecule has 2 atom stereocenters. The molecule has 0 radical (unpaired) electrons. The van der Waals surface area contributed by atoms with Crippen LogP contribution >= 0.6 is 0 Å². The monoisotopic (exact) mass is 271 g/mol. The summed E-state index contributed by atoms with van der Waals surface area (Å²) in [5, 5.41) is 3.86. The molecule has 20 heavy (non-hydrogen) atoms. The maximum Gasteiger partial charge on any atom is 0.00676 e. The lowest BCUT2D eigenvalue weighted by Crippen LogP contribution is -2.35. The summed E-state index contributed by atoms with van der Waals surface area (Å²) in [6.07, 6.45) is 9.81. The molecular weight excluding hydrogens is 242 g/mol. The third-order valence-electron chi connectivity index (χ3n) is 5.50. The van der Waals surface area contributed by atoms with E-state index in [1.807, 2.05) is 0 Å². The second-order valence-corrected chi connectivity index (χ2v) is 7.15. The molecule has 1 heteroatoms. The molecule has 1 N–H and O–H groups in total. The number of hydrogen-bond acceptors (Lipinski definition) is 1. The van der Waals surface area contributed by atoms with E-state index in [1.165, 1.54) is 51.5 Å². The van der Waals surface area contributed by atoms with Crippen LogP contribution in [0.1, 0.15) is 63.4 Å². The predicted octanol–water partition coefficient (Wildman–Crippen LogP) is 4.74. The Hall–Kier alpha value is -0.820. The summed E-state index contributed by atoms with van der Waals surface area (Å²) in [6, 6.07) is 11.9. The summed E-state index contributed by atoms with van der Waals surface area (Å²) >= 11 is 0. The molecule has 0 aliphatic heterocycles. The third kappa shape index (κ3) is 3.63. The Bertz CT molecular complexity index is 391. The lowest BCUT2D eigenvalue weighted by atomic mass is 9.81. The minimum Gasteiger partial charge on any atom is -0.314 e. The Balaban J connectivity index is 1.40. The van der Waals surface area contributed by atoms with Crippen LogP contribution in [0.2, 0.25) is 0 Å². The van der Waals surface area contributed by atoms with Gasteiger partial charge >= 0.3 is 0 Å². The summed E-state index contributed by atoms with van der Waals surface area (Å²) in [5.41, 5.74) is 1.55. The van der Waals surface area contributed by atoms with E-state index in [0.717, 1.165) is 23.8 Å². The predicted molar refractivity (Wildman–Crippen MR) is 85.9 cm³/mol. The van der Waals surface area contributed by atoms with Crippen molar-refractivity contribution in [1.29, 1.82) is 0 Å². The van der Waals surface area contributed by atoms with E-state index in [9.17, 15) is 0 Å². The smallest absolute Gasteiger partial charge is 0.00676 e. The van der Waals surface area contributed by atoms with Gasteiger partial charge in [0.05, 0.1) is 0 Å². The van der Waals surface area contributed by atoms with E-state index in [2.05, 4.69) is 42.6 Å². The molecule has 2 saturated carbocycles. The quantitative estimate of drug-likeness (QED) is 0.834. The van der Waals surface area contributed by atoms with Gasteiger partial charge in [0.15, 0.2) is 0 Å². The van der Waals surface area contributed by atoms with Gasteiger partial charge in [-0.2, -0.15) is 0 Å². The van der Waals surface area contributed by atoms with Gasteiger partial charge in [-0.1, -0.05) is 43.7 Å². The number of rotatable bonds is 4. The first-order valence-electron chi connectivity index (χ1n) is 8.59. The van der Waals surface area contributed by atoms with E-state index in [-0.39, 0.29) is 0 Å². The maximum absolute atomic E-state index is 3.86. The summed E-state index contributed by atoms with van der Waals surface area (Å²) in [6.45, 7) is 3.68. The van der Waals surface area contributed by atoms with Crippen molar-refractivity contribution in [2.75, 3.05) is 6.54 Å². The zero-order valence-electron chi connectivity index (χ0n) is 12.9. The van der Waals surface area contributed by atoms with Crippen LogP contribution in [0.3, 0.4) is 0 Å². The van der Waals surface area contributed by atoms with Crippen LogP contribution in [-0.2, 0) is 0 Å². The van der Waals surface area contributed by atoms with Crippen LogP contribution in [0.15, 0.2) is 30.3 Å². The van der Waals surface area contributed by atoms with E-state index < -0.39 is 0 Å². The van der Waals surface area contributed by atoms with Crippen molar-refractivity contribution in [3.05, 3.63) is 35.9 Å². The van der Waals surface area contributed by atoms with Gasteiger partial charge in [0, 0.05) is 6.04 Å². The van der Waals surface area contributed by atoms with Crippen LogP contribution < -0.4 is 5.32 Å². The minimum atomic E-state index is 0.783. The lowest BCUT2D eigenvalue weighted by molar-refractivity contribution is 0.322. The van der Waals surface area contributed by atoms with Crippen LogP contribution in [0.5, 0.6) is 0 Å². The van der Waals surface area contributed by atoms with Gasteiger partial charge in [-0.15, -0.1) is 0 Å². The fraction of sp³-hybridized carbons (Fsp3) is 0.684. The van der Waals surface area contributed by atoms with Gasteiger partial charge in [-0.3, -0.25) is 0 Å². The van der Waals surface area contributed by atoms with E-state index in [0.29, 0.717) is 0 Å². The molecule has 1 aromatic rings. The maximum atomic E-state index is 3.86. The molecule has 0 heterocycles. The highest BCUT2D eigenvalue weighted by atomic mass is 14.9. The topological polar surface area (TPSA) is 12.0 Å². The fourth-order valence-corrected chi connectivity index (χ4v) is 4.20. The van der Waals surface area contributed by atoms with Crippen molar-refractivity contribution in [2.24, 2.45) is 11.8 Å². The van der Waals surface area contributed by atoms with E-state index >= 15 is 0 Å². The van der Waals surface area contributed by atoms with Crippen LogP contribution in [0.25, 0.3) is 0 Å². The Morgan fingerprint density at radius 3 is 2.35 bits per heavy atom. The molecule has 1 nitrogen and oxygen atoms in total. The van der Waals surface area contributed by atoms with Gasteiger partial charge in [0.2, 0.25) is 0 Å². The molecule has 0 bridgehead atoms. The Kier molecular flexibility index (Phi) is 4.77.